The van der Waals surface area contributed by atoms with Crippen molar-refractivity contribution in [3.63, 3.8) is 0 Å². The smallest absolute Gasteiger partial charge is 0.280 e. The number of nitrogens with zero attached hydrogens (tertiary/aromatic N) is 2. The number of alkyl halides is 2. The van der Waals surface area contributed by atoms with Crippen molar-refractivity contribution in [2.75, 3.05) is 0 Å². The molecule has 0 aliphatic rings. The Morgan fingerprint density at radius 3 is 2.73 bits per heavy atom. The molecule has 0 radical (unpaired) electrons. The van der Waals surface area contributed by atoms with E-state index in [0.29, 0.717) is 5.56 Å². The van der Waals surface area contributed by atoms with Crippen LogP contribution in [0, 0.1) is 11.3 Å². The van der Waals surface area contributed by atoms with Gasteiger partial charge in [-0.05, 0) is 11.6 Å². The van der Waals surface area contributed by atoms with Gasteiger partial charge in [0, 0.05) is 6.54 Å². The quantitative estimate of drug-likeness (QED) is 0.867. The predicted octanol–water partition coefficient (Wildman–Crippen LogP) is 2.20. The molecule has 0 aliphatic carbocycles. The van der Waals surface area contributed by atoms with Gasteiger partial charge in [0.15, 0.2) is 0 Å². The molecule has 0 bridgehead atoms. The Bertz CT molecular complexity index is 401. The highest BCUT2D eigenvalue weighted by atomic mass is 35.5. The third kappa shape index (κ3) is 2.61. The Morgan fingerprint density at radius 2 is 2.27 bits per heavy atom. The second-order valence-corrected chi connectivity index (χ2v) is 3.18. The summed E-state index contributed by atoms with van der Waals surface area (Å²) in [5.41, 5.74) is 5.48. The highest BCUT2D eigenvalue weighted by Crippen LogP contribution is 2.25. The Kier molecular flexibility index (Phi) is 3.95. The van der Waals surface area contributed by atoms with Crippen LogP contribution < -0.4 is 5.73 Å². The minimum Gasteiger partial charge on any atom is -0.326 e. The molecule has 0 aliphatic heterocycles. The van der Waals surface area contributed by atoms with Gasteiger partial charge in [-0.1, -0.05) is 11.6 Å². The van der Waals surface area contributed by atoms with Crippen LogP contribution in [0.4, 0.5) is 8.78 Å². The largest absolute Gasteiger partial charge is 0.326 e. The van der Waals surface area contributed by atoms with Gasteiger partial charge in [-0.25, -0.2) is 13.8 Å². The van der Waals surface area contributed by atoms with Gasteiger partial charge >= 0.3 is 0 Å². The molecule has 0 spiro atoms. The lowest BCUT2D eigenvalue weighted by Crippen LogP contribution is -2.05. The molecule has 1 heterocycles. The van der Waals surface area contributed by atoms with E-state index in [-0.39, 0.29) is 23.7 Å². The fraction of sp³-hybridized carbons (Fsp3) is 0.333. The van der Waals surface area contributed by atoms with Gasteiger partial charge in [0.1, 0.15) is 5.69 Å². The van der Waals surface area contributed by atoms with Crippen LogP contribution in [0.25, 0.3) is 0 Å². The van der Waals surface area contributed by atoms with Crippen LogP contribution >= 0.6 is 11.6 Å². The number of aromatic nitrogens is 1. The molecular weight excluding hydrogens is 224 g/mol. The summed E-state index contributed by atoms with van der Waals surface area (Å²) in [4.78, 5) is 3.61. The third-order valence-corrected chi connectivity index (χ3v) is 2.27. The molecule has 6 heteroatoms. The predicted molar refractivity (Wildman–Crippen MR) is 51.4 cm³/mol. The SMILES string of the molecule is N#CCc1nc(C(F)F)cc(CN)c1Cl. The summed E-state index contributed by atoms with van der Waals surface area (Å²) in [6.45, 7) is 0.0412. The first-order chi connectivity index (χ1) is 7.10. The van der Waals surface area contributed by atoms with Gasteiger partial charge in [-0.15, -0.1) is 0 Å². The first-order valence-electron chi connectivity index (χ1n) is 4.13. The second kappa shape index (κ2) is 5.01. The van der Waals surface area contributed by atoms with E-state index in [1.54, 1.807) is 0 Å². The monoisotopic (exact) mass is 231 g/mol. The molecule has 0 atom stereocenters. The lowest BCUT2D eigenvalue weighted by atomic mass is 10.1. The van der Waals surface area contributed by atoms with Crippen molar-refractivity contribution in [2.24, 2.45) is 5.73 Å². The van der Waals surface area contributed by atoms with E-state index in [0.717, 1.165) is 6.07 Å². The van der Waals surface area contributed by atoms with Crippen LogP contribution in [-0.2, 0) is 13.0 Å². The topological polar surface area (TPSA) is 62.7 Å². The Hall–Kier alpha value is -1.25. The van der Waals surface area contributed by atoms with Crippen LogP contribution in [0.2, 0.25) is 5.02 Å². The summed E-state index contributed by atoms with van der Waals surface area (Å²) in [5, 5.41) is 8.67. The summed E-state index contributed by atoms with van der Waals surface area (Å²) in [6.07, 6.45) is -2.79. The molecular formula is C9H8ClF2N3. The minimum absolute atomic E-state index is 0.0412. The van der Waals surface area contributed by atoms with Crippen LogP contribution in [0.15, 0.2) is 6.07 Å². The van der Waals surface area contributed by atoms with Gasteiger partial charge in [-0.2, -0.15) is 5.26 Å². The zero-order valence-corrected chi connectivity index (χ0v) is 8.43. The maximum absolute atomic E-state index is 12.4. The molecule has 0 fully saturated rings. The first kappa shape index (κ1) is 11.8. The Labute approximate surface area is 90.5 Å². The number of hydrogen-bond acceptors (Lipinski definition) is 3. The molecule has 2 N–H and O–H groups in total. The summed E-state index contributed by atoms with van der Waals surface area (Å²) in [7, 11) is 0. The van der Waals surface area contributed by atoms with Crippen molar-refractivity contribution in [3.8, 4) is 6.07 Å². The highest BCUT2D eigenvalue weighted by Gasteiger charge is 2.15. The third-order valence-electron chi connectivity index (χ3n) is 1.81. The molecule has 1 aromatic rings. The van der Waals surface area contributed by atoms with Crippen molar-refractivity contribution < 1.29 is 8.78 Å². The molecule has 0 saturated carbocycles. The van der Waals surface area contributed by atoms with Gasteiger partial charge < -0.3 is 5.73 Å². The van der Waals surface area contributed by atoms with E-state index in [1.165, 1.54) is 0 Å². The van der Waals surface area contributed by atoms with E-state index in [9.17, 15) is 8.78 Å². The van der Waals surface area contributed by atoms with Crippen molar-refractivity contribution >= 4 is 11.6 Å². The van der Waals surface area contributed by atoms with E-state index in [4.69, 9.17) is 22.6 Å². The van der Waals surface area contributed by atoms with E-state index < -0.39 is 12.1 Å². The minimum atomic E-state index is -2.69. The van der Waals surface area contributed by atoms with E-state index in [1.807, 2.05) is 6.07 Å². The van der Waals surface area contributed by atoms with Crippen LogP contribution in [-0.4, -0.2) is 4.98 Å². The molecule has 1 rings (SSSR count). The average Bonchev–Trinajstić information content (AvgIpc) is 2.21. The molecule has 80 valence electrons. The molecule has 3 nitrogen and oxygen atoms in total. The van der Waals surface area contributed by atoms with Gasteiger partial charge in [0.25, 0.3) is 6.43 Å². The second-order valence-electron chi connectivity index (χ2n) is 2.81. The van der Waals surface area contributed by atoms with Gasteiger partial charge in [0.05, 0.1) is 23.2 Å². The van der Waals surface area contributed by atoms with Gasteiger partial charge in [-0.3, -0.25) is 0 Å². The zero-order valence-electron chi connectivity index (χ0n) is 7.67. The van der Waals surface area contributed by atoms with Crippen LogP contribution in [0.1, 0.15) is 23.4 Å². The maximum atomic E-state index is 12.4. The fourth-order valence-corrected chi connectivity index (χ4v) is 1.36. The number of rotatable bonds is 3. The first-order valence-corrected chi connectivity index (χ1v) is 4.51. The molecule has 0 amide bonds. The average molecular weight is 232 g/mol. The van der Waals surface area contributed by atoms with Crippen molar-refractivity contribution in [1.82, 2.24) is 4.98 Å². The number of nitriles is 1. The molecule has 0 aromatic carbocycles. The normalized spacial score (nSPS) is 10.4. The van der Waals surface area contributed by atoms with E-state index in [2.05, 4.69) is 4.98 Å². The number of halogens is 3. The van der Waals surface area contributed by atoms with Crippen molar-refractivity contribution in [3.05, 3.63) is 28.0 Å². The van der Waals surface area contributed by atoms with Crippen LogP contribution in [0.5, 0.6) is 0 Å². The number of hydrogen-bond donors (Lipinski definition) is 1. The summed E-state index contributed by atoms with van der Waals surface area (Å²) < 4.78 is 24.8. The fourth-order valence-electron chi connectivity index (χ4n) is 1.12. The molecule has 0 unspecified atom stereocenters. The standard InChI is InChI=1S/C9H8ClF2N3/c10-8-5(4-14)3-7(9(11)12)15-6(8)1-2-13/h3,9H,1,4,14H2. The van der Waals surface area contributed by atoms with Crippen LogP contribution in [0.3, 0.4) is 0 Å². The van der Waals surface area contributed by atoms with E-state index >= 15 is 0 Å². The lowest BCUT2D eigenvalue weighted by molar-refractivity contribution is 0.145. The molecule has 0 saturated heterocycles. The van der Waals surface area contributed by atoms with Gasteiger partial charge in [0.2, 0.25) is 0 Å². The number of pyridine rings is 1. The summed E-state index contributed by atoms with van der Waals surface area (Å²) in [6, 6.07) is 2.97. The maximum Gasteiger partial charge on any atom is 0.280 e. The Balaban J connectivity index is 3.26. The molecule has 1 aromatic heterocycles. The van der Waals surface area contributed by atoms with Crippen molar-refractivity contribution in [2.45, 2.75) is 19.4 Å². The summed E-state index contributed by atoms with van der Waals surface area (Å²) in [5.74, 6) is 0. The lowest BCUT2D eigenvalue weighted by Gasteiger charge is -2.08. The highest BCUT2D eigenvalue weighted by molar-refractivity contribution is 6.32. The zero-order chi connectivity index (χ0) is 11.4. The van der Waals surface area contributed by atoms with Crippen molar-refractivity contribution in [1.29, 1.82) is 5.26 Å². The summed E-state index contributed by atoms with van der Waals surface area (Å²) >= 11 is 5.83. The molecule has 15 heavy (non-hydrogen) atoms. The Morgan fingerprint density at radius 1 is 1.60 bits per heavy atom. The number of nitrogens with two attached hydrogens (primary N) is 1.